The normalized spacial score (nSPS) is 10.3. The van der Waals surface area contributed by atoms with Crippen molar-refractivity contribution in [3.63, 3.8) is 0 Å². The molecule has 0 spiro atoms. The van der Waals surface area contributed by atoms with Gasteiger partial charge >= 0.3 is 0 Å². The molecule has 118 valence electrons. The number of hydrogen-bond acceptors (Lipinski definition) is 8. The second-order valence-corrected chi connectivity index (χ2v) is 5.40. The zero-order chi connectivity index (χ0) is 15.9. The van der Waals surface area contributed by atoms with E-state index in [1.54, 1.807) is 12.1 Å². The summed E-state index contributed by atoms with van der Waals surface area (Å²) in [6, 6.07) is 3.23. The summed E-state index contributed by atoms with van der Waals surface area (Å²) in [5.41, 5.74) is 5.87. The zero-order valence-corrected chi connectivity index (χ0v) is 13.1. The standard InChI is InChI=1S/C13H17N5O3S/c1-20-9-6-5-8(12(16-9)21-2)11(19)15-7-3-4-10-17-18-13(14)22-10/h5-6H,3-4,7H2,1-2H3,(H2,14,18)(H,15,19). The van der Waals surface area contributed by atoms with Crippen LogP contribution in [0.25, 0.3) is 0 Å². The maximum atomic E-state index is 12.1. The van der Waals surface area contributed by atoms with Crippen LogP contribution in [0, 0.1) is 0 Å². The third kappa shape index (κ3) is 4.04. The van der Waals surface area contributed by atoms with Crippen LogP contribution in [0.1, 0.15) is 21.8 Å². The van der Waals surface area contributed by atoms with Gasteiger partial charge in [-0.2, -0.15) is 4.98 Å². The number of methoxy groups -OCH3 is 2. The van der Waals surface area contributed by atoms with Gasteiger partial charge in [0.05, 0.1) is 14.2 Å². The van der Waals surface area contributed by atoms with E-state index in [4.69, 9.17) is 15.2 Å². The lowest BCUT2D eigenvalue weighted by atomic mass is 10.2. The van der Waals surface area contributed by atoms with Crippen molar-refractivity contribution in [2.75, 3.05) is 26.5 Å². The molecule has 2 heterocycles. The van der Waals surface area contributed by atoms with E-state index in [0.717, 1.165) is 11.4 Å². The molecule has 3 N–H and O–H groups in total. The van der Waals surface area contributed by atoms with Gasteiger partial charge in [0, 0.05) is 19.0 Å². The summed E-state index contributed by atoms with van der Waals surface area (Å²) in [7, 11) is 2.96. The van der Waals surface area contributed by atoms with E-state index < -0.39 is 0 Å². The van der Waals surface area contributed by atoms with Crippen molar-refractivity contribution in [1.29, 1.82) is 0 Å². The van der Waals surface area contributed by atoms with E-state index in [1.807, 2.05) is 0 Å². The number of aryl methyl sites for hydroxylation is 1. The molecule has 0 aromatic carbocycles. The summed E-state index contributed by atoms with van der Waals surface area (Å²) in [5, 5.41) is 11.8. The Kier molecular flexibility index (Phi) is 5.48. The van der Waals surface area contributed by atoms with E-state index >= 15 is 0 Å². The molecule has 0 unspecified atom stereocenters. The SMILES string of the molecule is COc1ccc(C(=O)NCCCc2nnc(N)s2)c(OC)n1. The molecule has 1 amide bonds. The first-order valence-corrected chi connectivity index (χ1v) is 7.40. The van der Waals surface area contributed by atoms with Crippen molar-refractivity contribution in [1.82, 2.24) is 20.5 Å². The van der Waals surface area contributed by atoms with Gasteiger partial charge in [-0.1, -0.05) is 11.3 Å². The Morgan fingerprint density at radius 3 is 2.77 bits per heavy atom. The third-order valence-corrected chi connectivity index (χ3v) is 3.63. The second kappa shape index (κ2) is 7.55. The molecular weight excluding hydrogens is 306 g/mol. The number of hydrogen-bond donors (Lipinski definition) is 2. The number of nitrogens with one attached hydrogen (secondary N) is 1. The molecule has 0 aliphatic carbocycles. The zero-order valence-electron chi connectivity index (χ0n) is 12.3. The minimum Gasteiger partial charge on any atom is -0.481 e. The fraction of sp³-hybridized carbons (Fsp3) is 0.385. The van der Waals surface area contributed by atoms with E-state index in [2.05, 4.69) is 20.5 Å². The number of carbonyl (C=O) groups excluding carboxylic acids is 1. The first-order chi connectivity index (χ1) is 10.6. The van der Waals surface area contributed by atoms with E-state index in [-0.39, 0.29) is 11.8 Å². The fourth-order valence-electron chi connectivity index (χ4n) is 1.77. The maximum absolute atomic E-state index is 12.1. The Hall–Kier alpha value is -2.42. The number of ether oxygens (including phenoxy) is 2. The largest absolute Gasteiger partial charge is 0.481 e. The van der Waals surface area contributed by atoms with Gasteiger partial charge in [0.15, 0.2) is 0 Å². The van der Waals surface area contributed by atoms with Crippen LogP contribution in [0.15, 0.2) is 12.1 Å². The van der Waals surface area contributed by atoms with Crippen LogP contribution in [0.4, 0.5) is 5.13 Å². The van der Waals surface area contributed by atoms with Gasteiger partial charge in [0.1, 0.15) is 10.6 Å². The lowest BCUT2D eigenvalue weighted by Gasteiger charge is -2.09. The molecule has 0 saturated carbocycles. The number of aromatic nitrogens is 3. The third-order valence-electron chi connectivity index (χ3n) is 2.82. The number of rotatable bonds is 7. The highest BCUT2D eigenvalue weighted by Crippen LogP contribution is 2.19. The van der Waals surface area contributed by atoms with E-state index in [1.165, 1.54) is 25.6 Å². The molecule has 0 aliphatic heterocycles. The van der Waals surface area contributed by atoms with Crippen molar-refractivity contribution >= 4 is 22.4 Å². The predicted octanol–water partition coefficient (Wildman–Crippen LogP) is 0.895. The molecule has 0 atom stereocenters. The van der Waals surface area contributed by atoms with Crippen LogP contribution < -0.4 is 20.5 Å². The molecule has 2 aromatic heterocycles. The Morgan fingerprint density at radius 1 is 1.32 bits per heavy atom. The van der Waals surface area contributed by atoms with Gasteiger partial charge in [0.25, 0.3) is 5.91 Å². The number of amides is 1. The summed E-state index contributed by atoms with van der Waals surface area (Å²) < 4.78 is 10.1. The average molecular weight is 323 g/mol. The van der Waals surface area contributed by atoms with Crippen LogP contribution in [0.5, 0.6) is 11.8 Å². The predicted molar refractivity (Wildman–Crippen MR) is 82.3 cm³/mol. The van der Waals surface area contributed by atoms with Gasteiger partial charge in [-0.15, -0.1) is 10.2 Å². The first kappa shape index (κ1) is 16.0. The van der Waals surface area contributed by atoms with Crippen molar-refractivity contribution in [3.05, 3.63) is 22.7 Å². The smallest absolute Gasteiger partial charge is 0.256 e. The molecule has 8 nitrogen and oxygen atoms in total. The topological polar surface area (TPSA) is 112 Å². The molecule has 9 heteroatoms. The molecule has 0 aliphatic rings. The highest BCUT2D eigenvalue weighted by Gasteiger charge is 2.14. The summed E-state index contributed by atoms with van der Waals surface area (Å²) in [6.07, 6.45) is 1.46. The Balaban J connectivity index is 1.86. The molecule has 0 fully saturated rings. The minimum absolute atomic E-state index is 0.230. The quantitative estimate of drug-likeness (QED) is 0.728. The summed E-state index contributed by atoms with van der Waals surface area (Å²) >= 11 is 1.35. The number of nitrogen functional groups attached to an aromatic ring is 1. The molecule has 2 aromatic rings. The minimum atomic E-state index is -0.246. The summed E-state index contributed by atoms with van der Waals surface area (Å²) in [4.78, 5) is 16.2. The fourth-order valence-corrected chi connectivity index (χ4v) is 2.42. The van der Waals surface area contributed by atoms with Crippen molar-refractivity contribution in [2.24, 2.45) is 0 Å². The lowest BCUT2D eigenvalue weighted by Crippen LogP contribution is -2.25. The van der Waals surface area contributed by atoms with Crippen molar-refractivity contribution in [3.8, 4) is 11.8 Å². The molecule has 2 rings (SSSR count). The van der Waals surface area contributed by atoms with Crippen LogP contribution in [-0.2, 0) is 6.42 Å². The highest BCUT2D eigenvalue weighted by molar-refractivity contribution is 7.15. The Bertz CT molecular complexity index is 646. The van der Waals surface area contributed by atoms with E-state index in [0.29, 0.717) is 29.5 Å². The molecule has 0 saturated heterocycles. The van der Waals surface area contributed by atoms with Gasteiger partial charge in [-0.05, 0) is 12.5 Å². The molecule has 0 radical (unpaired) electrons. The van der Waals surface area contributed by atoms with Crippen molar-refractivity contribution < 1.29 is 14.3 Å². The maximum Gasteiger partial charge on any atom is 0.256 e. The van der Waals surface area contributed by atoms with E-state index in [9.17, 15) is 4.79 Å². The Labute approximate surface area is 131 Å². The first-order valence-electron chi connectivity index (χ1n) is 6.59. The number of nitrogens with two attached hydrogens (primary N) is 1. The monoisotopic (exact) mass is 323 g/mol. The lowest BCUT2D eigenvalue weighted by molar-refractivity contribution is 0.0949. The molecule has 22 heavy (non-hydrogen) atoms. The highest BCUT2D eigenvalue weighted by atomic mass is 32.1. The van der Waals surface area contributed by atoms with Crippen LogP contribution in [0.3, 0.4) is 0 Å². The van der Waals surface area contributed by atoms with Gasteiger partial charge in [0.2, 0.25) is 16.9 Å². The summed E-state index contributed by atoms with van der Waals surface area (Å²) in [5.74, 6) is 0.375. The molecule has 0 bridgehead atoms. The van der Waals surface area contributed by atoms with Gasteiger partial charge < -0.3 is 20.5 Å². The number of anilines is 1. The Morgan fingerprint density at radius 2 is 2.14 bits per heavy atom. The van der Waals surface area contributed by atoms with Gasteiger partial charge in [-0.3, -0.25) is 4.79 Å². The van der Waals surface area contributed by atoms with Gasteiger partial charge in [-0.25, -0.2) is 0 Å². The van der Waals surface area contributed by atoms with Crippen LogP contribution >= 0.6 is 11.3 Å². The average Bonchev–Trinajstić information content (AvgIpc) is 2.96. The van der Waals surface area contributed by atoms with Crippen LogP contribution in [-0.4, -0.2) is 41.9 Å². The number of carbonyl (C=O) groups is 1. The molecular formula is C13H17N5O3S. The number of nitrogens with zero attached hydrogens (tertiary/aromatic N) is 3. The summed E-state index contributed by atoms with van der Waals surface area (Å²) in [6.45, 7) is 0.507. The van der Waals surface area contributed by atoms with Crippen molar-refractivity contribution in [2.45, 2.75) is 12.8 Å². The number of pyridine rings is 1. The second-order valence-electron chi connectivity index (χ2n) is 4.30. The van der Waals surface area contributed by atoms with Crippen LogP contribution in [0.2, 0.25) is 0 Å².